The van der Waals surface area contributed by atoms with E-state index in [1.165, 1.54) is 4.90 Å². The Balaban J connectivity index is 1.44. The van der Waals surface area contributed by atoms with E-state index in [2.05, 4.69) is 11.4 Å². The first-order valence-corrected chi connectivity index (χ1v) is 10.7. The van der Waals surface area contributed by atoms with Gasteiger partial charge in [0.05, 0.1) is 16.3 Å². The number of aromatic nitrogens is 2. The van der Waals surface area contributed by atoms with Crippen molar-refractivity contribution in [1.82, 2.24) is 19.8 Å². The Hall–Kier alpha value is -3.96. The molecule has 0 radical (unpaired) electrons. The van der Waals surface area contributed by atoms with Gasteiger partial charge in [-0.1, -0.05) is 17.7 Å². The molecule has 8 nitrogen and oxygen atoms in total. The van der Waals surface area contributed by atoms with E-state index in [1.807, 2.05) is 36.0 Å². The summed E-state index contributed by atoms with van der Waals surface area (Å²) in [6.07, 6.45) is 2.43. The minimum atomic E-state index is -0.647. The zero-order valence-corrected chi connectivity index (χ0v) is 18.4. The van der Waals surface area contributed by atoms with Gasteiger partial charge in [-0.2, -0.15) is 5.26 Å². The number of fused-ring (bicyclic) bond motifs is 1. The molecule has 2 aromatic carbocycles. The summed E-state index contributed by atoms with van der Waals surface area (Å²) in [4.78, 5) is 42.9. The van der Waals surface area contributed by atoms with Crippen molar-refractivity contribution in [1.29, 1.82) is 5.26 Å². The standard InChI is InChI=1S/C24H18ClN5O3/c1-29-12-19(27-22(29)14-3-5-18(25)15(9-14)10-26)13-2-4-17-16(8-13)11-30(24(17)33)20-6-7-21(31)28-23(20)32/h2-5,8-9,12,20H,6-7,11H2,1H3,(H,28,31,32). The van der Waals surface area contributed by atoms with Crippen molar-refractivity contribution in [2.45, 2.75) is 25.4 Å². The van der Waals surface area contributed by atoms with Gasteiger partial charge < -0.3 is 9.47 Å². The van der Waals surface area contributed by atoms with E-state index in [4.69, 9.17) is 16.6 Å². The van der Waals surface area contributed by atoms with Gasteiger partial charge in [-0.3, -0.25) is 19.7 Å². The van der Waals surface area contributed by atoms with Gasteiger partial charge in [-0.25, -0.2) is 4.98 Å². The van der Waals surface area contributed by atoms with E-state index in [1.54, 1.807) is 18.2 Å². The third-order valence-corrected chi connectivity index (χ3v) is 6.37. The molecule has 1 unspecified atom stereocenters. The molecule has 33 heavy (non-hydrogen) atoms. The van der Waals surface area contributed by atoms with Crippen molar-refractivity contribution in [3.05, 3.63) is 64.3 Å². The SMILES string of the molecule is Cn1cc(-c2ccc3c(c2)CN(C2CCC(=O)NC2=O)C3=O)nc1-c1ccc(Cl)c(C#N)c1. The van der Waals surface area contributed by atoms with Crippen LogP contribution in [-0.4, -0.2) is 38.2 Å². The Kier molecular flexibility index (Phi) is 4.99. The van der Waals surface area contributed by atoms with Crippen LogP contribution in [0.2, 0.25) is 5.02 Å². The molecule has 0 saturated carbocycles. The van der Waals surface area contributed by atoms with Crippen LogP contribution >= 0.6 is 11.6 Å². The van der Waals surface area contributed by atoms with Gasteiger partial charge in [-0.05, 0) is 42.3 Å². The van der Waals surface area contributed by atoms with Crippen LogP contribution in [0, 0.1) is 11.3 Å². The number of carbonyl (C=O) groups excluding carboxylic acids is 3. The van der Waals surface area contributed by atoms with Gasteiger partial charge in [-0.15, -0.1) is 0 Å². The lowest BCUT2D eigenvalue weighted by molar-refractivity contribution is -0.136. The van der Waals surface area contributed by atoms with Gasteiger partial charge in [0.15, 0.2) is 0 Å². The number of nitrogens with one attached hydrogen (secondary N) is 1. The Morgan fingerprint density at radius 2 is 1.94 bits per heavy atom. The normalized spacial score (nSPS) is 17.7. The highest BCUT2D eigenvalue weighted by Gasteiger charge is 2.39. The second-order valence-electron chi connectivity index (χ2n) is 8.14. The molecule has 0 bridgehead atoms. The maximum Gasteiger partial charge on any atom is 0.255 e. The van der Waals surface area contributed by atoms with Gasteiger partial charge in [0.2, 0.25) is 11.8 Å². The number of nitrogens with zero attached hydrogens (tertiary/aromatic N) is 4. The minimum absolute atomic E-state index is 0.210. The molecule has 0 spiro atoms. The van der Waals surface area contributed by atoms with Crippen molar-refractivity contribution in [2.24, 2.45) is 7.05 Å². The van der Waals surface area contributed by atoms with Crippen LogP contribution in [0.15, 0.2) is 42.6 Å². The average Bonchev–Trinajstić information content (AvgIpc) is 3.34. The monoisotopic (exact) mass is 459 g/mol. The number of imidazole rings is 1. The summed E-state index contributed by atoms with van der Waals surface area (Å²) in [5.41, 5.74) is 4.07. The van der Waals surface area contributed by atoms with Crippen molar-refractivity contribution in [3.8, 4) is 28.7 Å². The number of amides is 3. The van der Waals surface area contributed by atoms with Gasteiger partial charge in [0, 0.05) is 42.9 Å². The van der Waals surface area contributed by atoms with Crippen LogP contribution in [0.4, 0.5) is 0 Å². The Bertz CT molecular complexity index is 1390. The number of piperidine rings is 1. The molecule has 1 fully saturated rings. The summed E-state index contributed by atoms with van der Waals surface area (Å²) in [5, 5.41) is 12.0. The average molecular weight is 460 g/mol. The number of hydrogen-bond acceptors (Lipinski definition) is 5. The molecule has 1 saturated heterocycles. The second-order valence-corrected chi connectivity index (χ2v) is 8.55. The molecular weight excluding hydrogens is 442 g/mol. The minimum Gasteiger partial charge on any atom is -0.333 e. The summed E-state index contributed by atoms with van der Waals surface area (Å²) in [7, 11) is 1.87. The quantitative estimate of drug-likeness (QED) is 0.605. The van der Waals surface area contributed by atoms with Crippen molar-refractivity contribution < 1.29 is 14.4 Å². The van der Waals surface area contributed by atoms with Gasteiger partial charge >= 0.3 is 0 Å². The second kappa shape index (κ2) is 7.87. The summed E-state index contributed by atoms with van der Waals surface area (Å²) in [6.45, 7) is 0.302. The Morgan fingerprint density at radius 1 is 1.15 bits per heavy atom. The van der Waals surface area contributed by atoms with Crippen LogP contribution in [0.25, 0.3) is 22.6 Å². The predicted molar refractivity (Wildman–Crippen MR) is 120 cm³/mol. The molecule has 1 N–H and O–H groups in total. The fraction of sp³-hybridized carbons (Fsp3) is 0.208. The number of carbonyl (C=O) groups is 3. The number of halogens is 1. The Labute approximate surface area is 194 Å². The van der Waals surface area contributed by atoms with E-state index < -0.39 is 11.9 Å². The number of rotatable bonds is 3. The van der Waals surface area contributed by atoms with E-state index in [0.717, 1.165) is 22.4 Å². The van der Waals surface area contributed by atoms with Gasteiger partial charge in [0.25, 0.3) is 5.91 Å². The maximum atomic E-state index is 12.9. The molecular formula is C24H18ClN5O3. The molecule has 3 amide bonds. The lowest BCUT2D eigenvalue weighted by Crippen LogP contribution is -2.52. The molecule has 5 rings (SSSR count). The zero-order chi connectivity index (χ0) is 23.3. The topological polar surface area (TPSA) is 108 Å². The highest BCUT2D eigenvalue weighted by atomic mass is 35.5. The van der Waals surface area contributed by atoms with Crippen LogP contribution in [0.5, 0.6) is 0 Å². The zero-order valence-electron chi connectivity index (χ0n) is 17.6. The summed E-state index contributed by atoms with van der Waals surface area (Å²) in [6, 6.07) is 12.1. The van der Waals surface area contributed by atoms with Crippen LogP contribution in [0.3, 0.4) is 0 Å². The number of benzene rings is 2. The first kappa shape index (κ1) is 20.9. The first-order valence-electron chi connectivity index (χ1n) is 10.4. The number of hydrogen-bond donors (Lipinski definition) is 1. The lowest BCUT2D eigenvalue weighted by Gasteiger charge is -2.29. The van der Waals surface area contributed by atoms with Crippen molar-refractivity contribution >= 4 is 29.3 Å². The van der Waals surface area contributed by atoms with E-state index in [9.17, 15) is 19.6 Å². The molecule has 2 aliphatic heterocycles. The number of nitriles is 1. The maximum absolute atomic E-state index is 12.9. The van der Waals surface area contributed by atoms with E-state index >= 15 is 0 Å². The van der Waals surface area contributed by atoms with Crippen LogP contribution in [-0.2, 0) is 23.2 Å². The molecule has 164 valence electrons. The van der Waals surface area contributed by atoms with E-state index in [0.29, 0.717) is 34.9 Å². The number of imide groups is 1. The molecule has 2 aliphatic rings. The van der Waals surface area contributed by atoms with Crippen LogP contribution < -0.4 is 5.32 Å². The Morgan fingerprint density at radius 3 is 2.70 bits per heavy atom. The third-order valence-electron chi connectivity index (χ3n) is 6.04. The van der Waals surface area contributed by atoms with Crippen molar-refractivity contribution in [3.63, 3.8) is 0 Å². The fourth-order valence-electron chi connectivity index (χ4n) is 4.36. The van der Waals surface area contributed by atoms with Crippen LogP contribution in [0.1, 0.15) is 34.3 Å². The lowest BCUT2D eigenvalue weighted by atomic mass is 10.0. The molecule has 9 heteroatoms. The largest absolute Gasteiger partial charge is 0.333 e. The molecule has 0 aliphatic carbocycles. The molecule has 3 heterocycles. The van der Waals surface area contributed by atoms with Crippen molar-refractivity contribution in [2.75, 3.05) is 0 Å². The molecule has 3 aromatic rings. The highest BCUT2D eigenvalue weighted by molar-refractivity contribution is 6.31. The highest BCUT2D eigenvalue weighted by Crippen LogP contribution is 2.32. The number of aryl methyl sites for hydroxylation is 1. The van der Waals surface area contributed by atoms with E-state index in [-0.39, 0.29) is 18.2 Å². The molecule has 1 aromatic heterocycles. The predicted octanol–water partition coefficient (Wildman–Crippen LogP) is 3.04. The van der Waals surface area contributed by atoms with Gasteiger partial charge in [0.1, 0.15) is 17.9 Å². The fourth-order valence-corrected chi connectivity index (χ4v) is 4.52. The summed E-state index contributed by atoms with van der Waals surface area (Å²) >= 11 is 6.05. The first-order chi connectivity index (χ1) is 15.9. The smallest absolute Gasteiger partial charge is 0.255 e. The third kappa shape index (κ3) is 3.56. The summed E-state index contributed by atoms with van der Waals surface area (Å²) < 4.78 is 1.87. The summed E-state index contributed by atoms with van der Waals surface area (Å²) in [5.74, 6) is -0.268. The molecule has 1 atom stereocenters.